The summed E-state index contributed by atoms with van der Waals surface area (Å²) < 4.78 is 5.44. The lowest BCUT2D eigenvalue weighted by Crippen LogP contribution is -1.92. The molecule has 0 spiro atoms. The van der Waals surface area contributed by atoms with Gasteiger partial charge in [0.05, 0.1) is 13.2 Å². The van der Waals surface area contributed by atoms with Crippen molar-refractivity contribution < 1.29 is 14.6 Å². The predicted octanol–water partition coefficient (Wildman–Crippen LogP) is 4.50. The lowest BCUT2D eigenvalue weighted by Gasteiger charge is -1.97. The van der Waals surface area contributed by atoms with Crippen LogP contribution in [0, 0.1) is 0 Å². The van der Waals surface area contributed by atoms with Crippen molar-refractivity contribution in [1.82, 2.24) is 0 Å². The van der Waals surface area contributed by atoms with E-state index in [2.05, 4.69) is 24.8 Å². The first-order valence-electron chi connectivity index (χ1n) is 7.61. The van der Waals surface area contributed by atoms with Crippen molar-refractivity contribution in [3.8, 4) is 0 Å². The van der Waals surface area contributed by atoms with Crippen molar-refractivity contribution in [2.24, 2.45) is 0 Å². The van der Waals surface area contributed by atoms with E-state index in [-0.39, 0.29) is 6.42 Å². The highest BCUT2D eigenvalue weighted by Gasteiger charge is 1.90. The Morgan fingerprint density at radius 3 is 2.65 bits per heavy atom. The van der Waals surface area contributed by atoms with Crippen LogP contribution in [-0.2, 0) is 9.53 Å². The van der Waals surface area contributed by atoms with Crippen molar-refractivity contribution in [2.75, 3.05) is 13.2 Å². The van der Waals surface area contributed by atoms with Crippen molar-refractivity contribution in [1.29, 1.82) is 0 Å². The summed E-state index contributed by atoms with van der Waals surface area (Å²) in [6.45, 7) is 3.57. The monoisotopic (exact) mass is 280 g/mol. The van der Waals surface area contributed by atoms with Crippen molar-refractivity contribution in [3.63, 3.8) is 0 Å². The van der Waals surface area contributed by atoms with E-state index in [4.69, 9.17) is 9.84 Å². The largest absolute Gasteiger partial charge is 0.481 e. The Balaban J connectivity index is 3.29. The number of unbranched alkanes of at least 4 members (excludes halogenated alkanes) is 4. The lowest BCUT2D eigenvalue weighted by molar-refractivity contribution is -0.136. The van der Waals surface area contributed by atoms with Crippen LogP contribution in [0.3, 0.4) is 0 Å². The first-order chi connectivity index (χ1) is 9.77. The van der Waals surface area contributed by atoms with Crippen molar-refractivity contribution >= 4 is 5.97 Å². The second-order valence-corrected chi connectivity index (χ2v) is 4.69. The van der Waals surface area contributed by atoms with E-state index in [0.29, 0.717) is 19.6 Å². The van der Waals surface area contributed by atoms with Gasteiger partial charge in [-0.15, -0.1) is 5.73 Å². The summed E-state index contributed by atoms with van der Waals surface area (Å²) in [5, 5.41) is 8.43. The lowest BCUT2D eigenvalue weighted by atomic mass is 10.1. The zero-order valence-corrected chi connectivity index (χ0v) is 12.6. The van der Waals surface area contributed by atoms with E-state index < -0.39 is 5.97 Å². The van der Waals surface area contributed by atoms with Gasteiger partial charge in [0.1, 0.15) is 0 Å². The maximum atomic E-state index is 10.2. The molecule has 1 N–H and O–H groups in total. The minimum Gasteiger partial charge on any atom is -0.481 e. The SMILES string of the molecule is CCCCCCC=CCOCCC=C=CCCC(=O)O. The Morgan fingerprint density at radius 1 is 1.10 bits per heavy atom. The summed E-state index contributed by atoms with van der Waals surface area (Å²) in [5.74, 6) is -0.770. The second kappa shape index (κ2) is 15.7. The van der Waals surface area contributed by atoms with Gasteiger partial charge in [-0.3, -0.25) is 4.79 Å². The summed E-state index contributed by atoms with van der Waals surface area (Å²) in [4.78, 5) is 10.2. The smallest absolute Gasteiger partial charge is 0.303 e. The number of ether oxygens (including phenoxy) is 1. The molecule has 0 aliphatic heterocycles. The molecular formula is C17H28O3. The molecule has 0 aromatic carbocycles. The summed E-state index contributed by atoms with van der Waals surface area (Å²) in [7, 11) is 0. The van der Waals surface area contributed by atoms with Crippen LogP contribution in [0.15, 0.2) is 30.0 Å². The zero-order valence-electron chi connectivity index (χ0n) is 12.6. The van der Waals surface area contributed by atoms with E-state index in [9.17, 15) is 4.79 Å². The zero-order chi connectivity index (χ0) is 14.9. The topological polar surface area (TPSA) is 46.5 Å². The molecular weight excluding hydrogens is 252 g/mol. The molecule has 0 aliphatic rings. The molecule has 0 bridgehead atoms. The molecule has 0 saturated carbocycles. The molecule has 0 fully saturated rings. The first-order valence-corrected chi connectivity index (χ1v) is 7.61. The molecule has 0 rings (SSSR count). The number of rotatable bonds is 13. The molecule has 3 heteroatoms. The third-order valence-electron chi connectivity index (χ3n) is 2.75. The predicted molar refractivity (Wildman–Crippen MR) is 82.9 cm³/mol. The van der Waals surface area contributed by atoms with Crippen LogP contribution in [0.5, 0.6) is 0 Å². The number of carboxylic acids is 1. The summed E-state index contributed by atoms with van der Waals surface area (Å²) >= 11 is 0. The highest BCUT2D eigenvalue weighted by atomic mass is 16.5. The van der Waals surface area contributed by atoms with Crippen molar-refractivity contribution in [2.45, 2.75) is 58.3 Å². The summed E-state index contributed by atoms with van der Waals surface area (Å²) in [6.07, 6.45) is 15.8. The Kier molecular flexibility index (Phi) is 14.7. The standard InChI is InChI=1S/C17H28O3/c1-2-3-4-5-6-9-12-15-20-16-13-10-7-8-11-14-17(18)19/h8-10,12H,2-6,11,13-16H2,1H3,(H,18,19). The van der Waals surface area contributed by atoms with Gasteiger partial charge in [0, 0.05) is 6.42 Å². The van der Waals surface area contributed by atoms with Gasteiger partial charge < -0.3 is 9.84 Å². The van der Waals surface area contributed by atoms with Crippen LogP contribution in [0.2, 0.25) is 0 Å². The number of allylic oxidation sites excluding steroid dienone is 1. The molecule has 0 radical (unpaired) electrons. The van der Waals surface area contributed by atoms with Gasteiger partial charge in [-0.05, 0) is 37.8 Å². The minimum absolute atomic E-state index is 0.167. The van der Waals surface area contributed by atoms with Gasteiger partial charge in [0.15, 0.2) is 0 Å². The third kappa shape index (κ3) is 16.7. The maximum Gasteiger partial charge on any atom is 0.303 e. The Labute approximate surface area is 123 Å². The van der Waals surface area contributed by atoms with E-state index in [0.717, 1.165) is 12.8 Å². The number of carboxylic acid groups (broad SMARTS) is 1. The molecule has 0 aromatic rings. The molecule has 0 aromatic heterocycles. The molecule has 0 heterocycles. The fourth-order valence-electron chi connectivity index (χ4n) is 1.61. The van der Waals surface area contributed by atoms with Gasteiger partial charge in [-0.2, -0.15) is 0 Å². The minimum atomic E-state index is -0.770. The molecule has 0 unspecified atom stereocenters. The van der Waals surface area contributed by atoms with Crippen LogP contribution in [0.4, 0.5) is 0 Å². The molecule has 3 nitrogen and oxygen atoms in total. The quantitative estimate of drug-likeness (QED) is 0.307. The van der Waals surface area contributed by atoms with Crippen LogP contribution in [0.1, 0.15) is 58.3 Å². The Hall–Kier alpha value is -1.31. The summed E-state index contributed by atoms with van der Waals surface area (Å²) in [6, 6.07) is 0. The molecule has 114 valence electrons. The number of carbonyl (C=O) groups is 1. The first kappa shape index (κ1) is 18.7. The van der Waals surface area contributed by atoms with Gasteiger partial charge in [0.25, 0.3) is 0 Å². The fraction of sp³-hybridized carbons (Fsp3) is 0.647. The second-order valence-electron chi connectivity index (χ2n) is 4.69. The molecule has 20 heavy (non-hydrogen) atoms. The molecule has 0 aliphatic carbocycles. The molecule has 0 saturated heterocycles. The number of hydrogen-bond acceptors (Lipinski definition) is 2. The van der Waals surface area contributed by atoms with E-state index in [1.807, 2.05) is 6.08 Å². The van der Waals surface area contributed by atoms with Crippen LogP contribution in [-0.4, -0.2) is 24.3 Å². The van der Waals surface area contributed by atoms with Gasteiger partial charge in [-0.25, -0.2) is 0 Å². The average molecular weight is 280 g/mol. The average Bonchev–Trinajstić information content (AvgIpc) is 2.43. The van der Waals surface area contributed by atoms with Crippen molar-refractivity contribution in [3.05, 3.63) is 30.0 Å². The Bertz CT molecular complexity index is 312. The van der Waals surface area contributed by atoms with E-state index in [1.54, 1.807) is 6.08 Å². The van der Waals surface area contributed by atoms with Gasteiger partial charge >= 0.3 is 5.97 Å². The Morgan fingerprint density at radius 2 is 1.90 bits per heavy atom. The van der Waals surface area contributed by atoms with E-state index in [1.165, 1.54) is 25.7 Å². The normalized spacial score (nSPS) is 10.4. The third-order valence-corrected chi connectivity index (χ3v) is 2.75. The van der Waals surface area contributed by atoms with Gasteiger partial charge in [0.2, 0.25) is 0 Å². The molecule has 0 amide bonds. The van der Waals surface area contributed by atoms with Crippen LogP contribution >= 0.6 is 0 Å². The molecule has 0 atom stereocenters. The van der Waals surface area contributed by atoms with Crippen LogP contribution in [0.25, 0.3) is 0 Å². The van der Waals surface area contributed by atoms with E-state index >= 15 is 0 Å². The summed E-state index contributed by atoms with van der Waals surface area (Å²) in [5.41, 5.74) is 2.96. The van der Waals surface area contributed by atoms with Crippen LogP contribution < -0.4 is 0 Å². The highest BCUT2D eigenvalue weighted by Crippen LogP contribution is 2.02. The number of hydrogen-bond donors (Lipinski definition) is 1. The van der Waals surface area contributed by atoms with Gasteiger partial charge in [-0.1, -0.05) is 38.3 Å². The fourth-order valence-corrected chi connectivity index (χ4v) is 1.61. The highest BCUT2D eigenvalue weighted by molar-refractivity contribution is 5.66. The maximum absolute atomic E-state index is 10.2. The number of aliphatic carboxylic acids is 1.